The first-order chi connectivity index (χ1) is 15.9. The van der Waals surface area contributed by atoms with Gasteiger partial charge in [-0.25, -0.2) is 0 Å². The minimum Gasteiger partial charge on any atom is -0.489 e. The van der Waals surface area contributed by atoms with Gasteiger partial charge in [0.15, 0.2) is 6.61 Å². The highest BCUT2D eigenvalue weighted by molar-refractivity contribution is 5.83. The molecule has 0 aliphatic rings. The average molecular weight is 449 g/mol. The minimum atomic E-state index is -1.02. The molecule has 3 N–H and O–H groups in total. The molecule has 33 heavy (non-hydrogen) atoms. The summed E-state index contributed by atoms with van der Waals surface area (Å²) in [5.74, 6) is 0.212. The first kappa shape index (κ1) is 23.8. The van der Waals surface area contributed by atoms with E-state index in [0.29, 0.717) is 23.7 Å². The Kier molecular flexibility index (Phi) is 8.43. The number of rotatable bonds is 9. The van der Waals surface area contributed by atoms with Crippen molar-refractivity contribution in [1.82, 2.24) is 10.9 Å². The molecule has 0 spiro atoms. The van der Waals surface area contributed by atoms with Crippen molar-refractivity contribution < 1.29 is 24.2 Å². The predicted molar refractivity (Wildman–Crippen MR) is 124 cm³/mol. The maximum absolute atomic E-state index is 12.1. The Hall–Kier alpha value is -3.84. The normalized spacial score (nSPS) is 11.4. The van der Waals surface area contributed by atoms with E-state index in [9.17, 15) is 14.7 Å². The molecule has 3 aromatic carbocycles. The second kappa shape index (κ2) is 11.7. The van der Waals surface area contributed by atoms with Crippen LogP contribution in [0.25, 0.3) is 0 Å². The fraction of sp³-hybridized carbons (Fsp3) is 0.231. The zero-order valence-corrected chi connectivity index (χ0v) is 18.7. The number of carbonyl (C=O) groups is 2. The summed E-state index contributed by atoms with van der Waals surface area (Å²) < 4.78 is 11.1. The van der Waals surface area contributed by atoms with Crippen molar-refractivity contribution in [3.05, 3.63) is 95.1 Å². The number of aliphatic hydroxyl groups is 1. The summed E-state index contributed by atoms with van der Waals surface area (Å²) in [6.45, 7) is 4.15. The van der Waals surface area contributed by atoms with E-state index in [1.165, 1.54) is 0 Å². The lowest BCUT2D eigenvalue weighted by Crippen LogP contribution is -2.44. The van der Waals surface area contributed by atoms with Gasteiger partial charge in [-0.2, -0.15) is 0 Å². The minimum absolute atomic E-state index is 0.206. The van der Waals surface area contributed by atoms with Crippen molar-refractivity contribution in [1.29, 1.82) is 0 Å². The second-order valence-electron chi connectivity index (χ2n) is 7.69. The number of ether oxygens (including phenoxy) is 2. The maximum atomic E-state index is 12.1. The molecule has 172 valence electrons. The largest absolute Gasteiger partial charge is 0.489 e. The first-order valence-electron chi connectivity index (χ1n) is 10.6. The SMILES string of the molecule is Cc1ccc(OCC(=O)NNC(=O)CC(O)c2ccc(OCc3ccccc3)cc2)cc1C. The van der Waals surface area contributed by atoms with Crippen LogP contribution in [0.2, 0.25) is 0 Å². The molecule has 0 bridgehead atoms. The van der Waals surface area contributed by atoms with E-state index in [4.69, 9.17) is 9.47 Å². The smallest absolute Gasteiger partial charge is 0.276 e. The van der Waals surface area contributed by atoms with E-state index in [2.05, 4.69) is 10.9 Å². The highest BCUT2D eigenvalue weighted by atomic mass is 16.5. The summed E-state index contributed by atoms with van der Waals surface area (Å²) >= 11 is 0. The summed E-state index contributed by atoms with van der Waals surface area (Å²) in [6.07, 6.45) is -1.22. The highest BCUT2D eigenvalue weighted by Crippen LogP contribution is 2.21. The molecule has 0 saturated carbocycles. The average Bonchev–Trinajstić information content (AvgIpc) is 2.83. The third kappa shape index (κ3) is 7.66. The number of aliphatic hydroxyl groups excluding tert-OH is 1. The Bertz CT molecular complexity index is 1070. The molecule has 1 atom stereocenters. The Morgan fingerprint density at radius 2 is 1.48 bits per heavy atom. The predicted octanol–water partition coefficient (Wildman–Crippen LogP) is 3.53. The zero-order valence-electron chi connectivity index (χ0n) is 18.7. The molecule has 1 unspecified atom stereocenters. The van der Waals surface area contributed by atoms with Gasteiger partial charge in [-0.3, -0.25) is 20.4 Å². The molecule has 3 aromatic rings. The number of hydrogen-bond acceptors (Lipinski definition) is 5. The Morgan fingerprint density at radius 1 is 0.818 bits per heavy atom. The Labute approximate surface area is 193 Å². The number of amides is 2. The molecule has 2 amide bonds. The standard InChI is InChI=1S/C26H28N2O5/c1-18-8-11-23(14-19(18)2)33-17-26(31)28-27-25(30)15-24(29)21-9-12-22(13-10-21)32-16-20-6-4-3-5-7-20/h3-14,24,29H,15-17H2,1-2H3,(H,27,30)(H,28,31). The van der Waals surface area contributed by atoms with Gasteiger partial charge in [-0.15, -0.1) is 0 Å². The molecule has 0 radical (unpaired) electrons. The van der Waals surface area contributed by atoms with Crippen LogP contribution in [-0.4, -0.2) is 23.5 Å². The highest BCUT2D eigenvalue weighted by Gasteiger charge is 2.14. The van der Waals surface area contributed by atoms with Crippen molar-refractivity contribution in [2.24, 2.45) is 0 Å². The van der Waals surface area contributed by atoms with E-state index >= 15 is 0 Å². The van der Waals surface area contributed by atoms with Crippen LogP contribution in [0.1, 0.15) is 34.8 Å². The lowest BCUT2D eigenvalue weighted by atomic mass is 10.1. The quantitative estimate of drug-likeness (QED) is 0.435. The van der Waals surface area contributed by atoms with Crippen LogP contribution < -0.4 is 20.3 Å². The van der Waals surface area contributed by atoms with Crippen LogP contribution in [-0.2, 0) is 16.2 Å². The topological polar surface area (TPSA) is 96.9 Å². The maximum Gasteiger partial charge on any atom is 0.276 e. The van der Waals surface area contributed by atoms with E-state index < -0.39 is 17.9 Å². The molecule has 0 aromatic heterocycles. The first-order valence-corrected chi connectivity index (χ1v) is 10.6. The summed E-state index contributed by atoms with van der Waals surface area (Å²) in [5.41, 5.74) is 8.39. The molecule has 0 aliphatic heterocycles. The van der Waals surface area contributed by atoms with Crippen LogP contribution in [0.5, 0.6) is 11.5 Å². The molecule has 7 heteroatoms. The van der Waals surface area contributed by atoms with Gasteiger partial charge in [0.05, 0.1) is 12.5 Å². The summed E-state index contributed by atoms with van der Waals surface area (Å²) in [6, 6.07) is 22.2. The van der Waals surface area contributed by atoms with Crippen molar-refractivity contribution in [2.75, 3.05) is 6.61 Å². The van der Waals surface area contributed by atoms with Gasteiger partial charge in [0.1, 0.15) is 18.1 Å². The summed E-state index contributed by atoms with van der Waals surface area (Å²) in [5, 5.41) is 10.3. The van der Waals surface area contributed by atoms with Crippen LogP contribution in [0.15, 0.2) is 72.8 Å². The third-order valence-electron chi connectivity index (χ3n) is 5.08. The lowest BCUT2D eigenvalue weighted by molar-refractivity contribution is -0.131. The molecule has 0 fully saturated rings. The number of hydrogen-bond donors (Lipinski definition) is 3. The van der Waals surface area contributed by atoms with Gasteiger partial charge in [0.25, 0.3) is 5.91 Å². The van der Waals surface area contributed by atoms with Crippen LogP contribution in [0, 0.1) is 13.8 Å². The van der Waals surface area contributed by atoms with Gasteiger partial charge in [0.2, 0.25) is 5.91 Å². The summed E-state index contributed by atoms with van der Waals surface area (Å²) in [4.78, 5) is 24.0. The Morgan fingerprint density at radius 3 is 2.18 bits per heavy atom. The second-order valence-corrected chi connectivity index (χ2v) is 7.69. The van der Waals surface area contributed by atoms with Crippen molar-refractivity contribution in [3.63, 3.8) is 0 Å². The molecular weight excluding hydrogens is 420 g/mol. The number of nitrogens with one attached hydrogen (secondary N) is 2. The van der Waals surface area contributed by atoms with Gasteiger partial charge in [0, 0.05) is 0 Å². The van der Waals surface area contributed by atoms with E-state index in [1.807, 2.05) is 56.3 Å². The van der Waals surface area contributed by atoms with Gasteiger partial charge < -0.3 is 14.6 Å². The van der Waals surface area contributed by atoms with Gasteiger partial charge in [-0.1, -0.05) is 48.5 Å². The number of aryl methyl sites for hydroxylation is 2. The molecular formula is C26H28N2O5. The molecule has 0 aliphatic carbocycles. The van der Waals surface area contributed by atoms with E-state index in [-0.39, 0.29) is 13.0 Å². The van der Waals surface area contributed by atoms with Crippen molar-refractivity contribution >= 4 is 11.8 Å². The van der Waals surface area contributed by atoms with Crippen LogP contribution >= 0.6 is 0 Å². The molecule has 0 saturated heterocycles. The van der Waals surface area contributed by atoms with Gasteiger partial charge in [-0.05, 0) is 60.4 Å². The summed E-state index contributed by atoms with van der Waals surface area (Å²) in [7, 11) is 0. The molecule has 3 rings (SSSR count). The van der Waals surface area contributed by atoms with Gasteiger partial charge >= 0.3 is 0 Å². The van der Waals surface area contributed by atoms with Crippen LogP contribution in [0.4, 0.5) is 0 Å². The van der Waals surface area contributed by atoms with Crippen LogP contribution in [0.3, 0.4) is 0 Å². The third-order valence-corrected chi connectivity index (χ3v) is 5.08. The zero-order chi connectivity index (χ0) is 23.6. The Balaban J connectivity index is 1.38. The number of benzene rings is 3. The molecule has 0 heterocycles. The van der Waals surface area contributed by atoms with Crippen molar-refractivity contribution in [3.8, 4) is 11.5 Å². The van der Waals surface area contributed by atoms with Crippen molar-refractivity contribution in [2.45, 2.75) is 33.0 Å². The molecule has 7 nitrogen and oxygen atoms in total. The fourth-order valence-corrected chi connectivity index (χ4v) is 3.00. The number of hydrazine groups is 1. The lowest BCUT2D eigenvalue weighted by Gasteiger charge is -2.13. The van der Waals surface area contributed by atoms with E-state index in [1.54, 1.807) is 30.3 Å². The number of carbonyl (C=O) groups excluding carboxylic acids is 2. The fourth-order valence-electron chi connectivity index (χ4n) is 3.00. The monoisotopic (exact) mass is 448 g/mol. The van der Waals surface area contributed by atoms with E-state index in [0.717, 1.165) is 16.7 Å².